The van der Waals surface area contributed by atoms with Crippen LogP contribution in [0.5, 0.6) is 11.5 Å². The van der Waals surface area contributed by atoms with Gasteiger partial charge in [-0.3, -0.25) is 4.79 Å². The van der Waals surface area contributed by atoms with Crippen molar-refractivity contribution in [2.75, 3.05) is 13.7 Å². The van der Waals surface area contributed by atoms with Crippen LogP contribution >= 0.6 is 12.4 Å². The highest BCUT2D eigenvalue weighted by Gasteiger charge is 2.15. The Labute approximate surface area is 154 Å². The summed E-state index contributed by atoms with van der Waals surface area (Å²) in [5, 5.41) is 0. The molecule has 2 N–H and O–H groups in total. The molecule has 1 atom stereocenters. The molecule has 0 fully saturated rings. The molecule has 0 heterocycles. The fourth-order valence-corrected chi connectivity index (χ4v) is 2.29. The summed E-state index contributed by atoms with van der Waals surface area (Å²) in [5.74, 6) is 0.907. The van der Waals surface area contributed by atoms with Crippen molar-refractivity contribution in [2.24, 2.45) is 5.73 Å². The lowest BCUT2D eigenvalue weighted by molar-refractivity contribution is -0.143. The maximum Gasteiger partial charge on any atom is 0.307 e. The number of methoxy groups -OCH3 is 1. The lowest BCUT2D eigenvalue weighted by atomic mass is 10.0. The van der Waals surface area contributed by atoms with Crippen molar-refractivity contribution in [1.29, 1.82) is 0 Å². The summed E-state index contributed by atoms with van der Waals surface area (Å²) in [7, 11) is 1.57. The molecule has 2 aromatic carbocycles. The average Bonchev–Trinajstić information content (AvgIpc) is 2.60. The SMILES string of the molecule is CCOC(=O)C[C@H](N)c1ccc(OCc2ccccc2)c(OC)c1.Cl. The summed E-state index contributed by atoms with van der Waals surface area (Å²) in [6, 6.07) is 14.9. The van der Waals surface area contributed by atoms with E-state index < -0.39 is 6.04 Å². The molecule has 136 valence electrons. The molecule has 2 rings (SSSR count). The lowest BCUT2D eigenvalue weighted by Crippen LogP contribution is -2.17. The van der Waals surface area contributed by atoms with E-state index in [0.717, 1.165) is 11.1 Å². The van der Waals surface area contributed by atoms with Gasteiger partial charge in [0, 0.05) is 6.04 Å². The van der Waals surface area contributed by atoms with Crippen LogP contribution in [0, 0.1) is 0 Å². The van der Waals surface area contributed by atoms with Crippen LogP contribution < -0.4 is 15.2 Å². The van der Waals surface area contributed by atoms with E-state index in [1.165, 1.54) is 0 Å². The Balaban J connectivity index is 0.00000312. The second-order valence-electron chi connectivity index (χ2n) is 5.30. The van der Waals surface area contributed by atoms with E-state index in [2.05, 4.69) is 0 Å². The maximum atomic E-state index is 11.5. The van der Waals surface area contributed by atoms with Crippen molar-refractivity contribution in [2.45, 2.75) is 26.0 Å². The Hall–Kier alpha value is -2.24. The molecule has 6 heteroatoms. The van der Waals surface area contributed by atoms with Gasteiger partial charge in [-0.1, -0.05) is 36.4 Å². The molecule has 0 aromatic heterocycles. The minimum Gasteiger partial charge on any atom is -0.493 e. The van der Waals surface area contributed by atoms with Crippen LogP contribution in [0.2, 0.25) is 0 Å². The molecule has 0 aliphatic rings. The van der Waals surface area contributed by atoms with Gasteiger partial charge in [-0.2, -0.15) is 0 Å². The number of carbonyl (C=O) groups is 1. The van der Waals surface area contributed by atoms with Crippen LogP contribution in [0.3, 0.4) is 0 Å². The lowest BCUT2D eigenvalue weighted by Gasteiger charge is -2.15. The van der Waals surface area contributed by atoms with E-state index in [1.807, 2.05) is 42.5 Å². The normalized spacial score (nSPS) is 11.2. The Morgan fingerprint density at radius 1 is 1.12 bits per heavy atom. The summed E-state index contributed by atoms with van der Waals surface area (Å²) < 4.78 is 16.1. The third kappa shape index (κ3) is 6.29. The Kier molecular flexibility index (Phi) is 8.81. The number of nitrogens with two attached hydrogens (primary N) is 1. The predicted molar refractivity (Wildman–Crippen MR) is 99.2 cm³/mol. The number of rotatable bonds is 8. The highest BCUT2D eigenvalue weighted by molar-refractivity contribution is 5.85. The average molecular weight is 366 g/mol. The van der Waals surface area contributed by atoms with Gasteiger partial charge >= 0.3 is 5.97 Å². The molecule has 25 heavy (non-hydrogen) atoms. The Bertz CT molecular complexity index is 664. The van der Waals surface area contributed by atoms with Crippen molar-refractivity contribution in [1.82, 2.24) is 0 Å². The first kappa shape index (κ1) is 20.8. The molecule has 0 saturated heterocycles. The highest BCUT2D eigenvalue weighted by atomic mass is 35.5. The molecule has 0 saturated carbocycles. The molecule has 0 amide bonds. The molecule has 0 aliphatic carbocycles. The summed E-state index contributed by atoms with van der Waals surface area (Å²) >= 11 is 0. The van der Waals surface area contributed by atoms with Gasteiger partial charge in [0.05, 0.1) is 20.1 Å². The van der Waals surface area contributed by atoms with Crippen LogP contribution in [0.15, 0.2) is 48.5 Å². The zero-order valence-corrected chi connectivity index (χ0v) is 15.3. The van der Waals surface area contributed by atoms with E-state index >= 15 is 0 Å². The monoisotopic (exact) mass is 365 g/mol. The molecular formula is C19H24ClNO4. The van der Waals surface area contributed by atoms with Crippen LogP contribution in [-0.4, -0.2) is 19.7 Å². The zero-order chi connectivity index (χ0) is 17.4. The Morgan fingerprint density at radius 3 is 2.48 bits per heavy atom. The summed E-state index contributed by atoms with van der Waals surface area (Å²) in [6.07, 6.45) is 0.126. The number of esters is 1. The van der Waals surface area contributed by atoms with E-state index in [0.29, 0.717) is 24.7 Å². The quantitative estimate of drug-likeness (QED) is 0.723. The molecule has 0 aliphatic heterocycles. The van der Waals surface area contributed by atoms with Gasteiger partial charge in [-0.15, -0.1) is 12.4 Å². The third-order valence-corrected chi connectivity index (χ3v) is 3.54. The van der Waals surface area contributed by atoms with Gasteiger partial charge in [0.25, 0.3) is 0 Å². The second kappa shape index (κ2) is 10.6. The number of benzene rings is 2. The minimum absolute atomic E-state index is 0. The van der Waals surface area contributed by atoms with Crippen LogP contribution in [-0.2, 0) is 16.1 Å². The van der Waals surface area contributed by atoms with Crippen molar-refractivity contribution in [3.63, 3.8) is 0 Å². The van der Waals surface area contributed by atoms with Crippen LogP contribution in [0.25, 0.3) is 0 Å². The van der Waals surface area contributed by atoms with Crippen molar-refractivity contribution >= 4 is 18.4 Å². The van der Waals surface area contributed by atoms with E-state index in [1.54, 1.807) is 20.1 Å². The van der Waals surface area contributed by atoms with E-state index in [9.17, 15) is 4.79 Å². The zero-order valence-electron chi connectivity index (χ0n) is 14.4. The fraction of sp³-hybridized carbons (Fsp3) is 0.316. The number of hydrogen-bond donors (Lipinski definition) is 1. The van der Waals surface area contributed by atoms with E-state index in [-0.39, 0.29) is 24.8 Å². The molecule has 0 spiro atoms. The Morgan fingerprint density at radius 2 is 1.84 bits per heavy atom. The number of halogens is 1. The number of ether oxygens (including phenoxy) is 3. The molecular weight excluding hydrogens is 342 g/mol. The molecule has 2 aromatic rings. The molecule has 0 radical (unpaired) electrons. The summed E-state index contributed by atoms with van der Waals surface area (Å²) in [6.45, 7) is 2.57. The molecule has 0 unspecified atom stereocenters. The smallest absolute Gasteiger partial charge is 0.307 e. The van der Waals surface area contributed by atoms with Crippen LogP contribution in [0.1, 0.15) is 30.5 Å². The summed E-state index contributed by atoms with van der Waals surface area (Å²) in [5.41, 5.74) is 7.94. The van der Waals surface area contributed by atoms with Gasteiger partial charge < -0.3 is 19.9 Å². The first-order valence-electron chi connectivity index (χ1n) is 7.90. The largest absolute Gasteiger partial charge is 0.493 e. The maximum absolute atomic E-state index is 11.5. The number of hydrogen-bond acceptors (Lipinski definition) is 5. The number of carbonyl (C=O) groups excluding carboxylic acids is 1. The van der Waals surface area contributed by atoms with Gasteiger partial charge in [-0.25, -0.2) is 0 Å². The first-order valence-corrected chi connectivity index (χ1v) is 7.90. The van der Waals surface area contributed by atoms with Crippen molar-refractivity contribution in [3.8, 4) is 11.5 Å². The predicted octanol–water partition coefficient (Wildman–Crippen LogP) is 3.65. The molecule has 5 nitrogen and oxygen atoms in total. The fourth-order valence-electron chi connectivity index (χ4n) is 2.29. The van der Waals surface area contributed by atoms with Crippen LogP contribution in [0.4, 0.5) is 0 Å². The summed E-state index contributed by atoms with van der Waals surface area (Å²) in [4.78, 5) is 11.5. The second-order valence-corrected chi connectivity index (χ2v) is 5.30. The third-order valence-electron chi connectivity index (χ3n) is 3.54. The van der Waals surface area contributed by atoms with Gasteiger partial charge in [0.2, 0.25) is 0 Å². The highest BCUT2D eigenvalue weighted by Crippen LogP contribution is 2.31. The van der Waals surface area contributed by atoms with Gasteiger partial charge in [-0.05, 0) is 30.2 Å². The minimum atomic E-state index is -0.443. The first-order chi connectivity index (χ1) is 11.6. The topological polar surface area (TPSA) is 70.8 Å². The van der Waals surface area contributed by atoms with Crippen molar-refractivity contribution < 1.29 is 19.0 Å². The standard InChI is InChI=1S/C19H23NO4.ClH/c1-3-23-19(21)12-16(20)15-9-10-17(18(11-15)22-2)24-13-14-7-5-4-6-8-14;/h4-11,16H,3,12-13,20H2,1-2H3;1H/t16-;/m0./s1. The van der Waals surface area contributed by atoms with Gasteiger partial charge in [0.15, 0.2) is 11.5 Å². The molecule has 0 bridgehead atoms. The van der Waals surface area contributed by atoms with E-state index in [4.69, 9.17) is 19.9 Å². The van der Waals surface area contributed by atoms with Gasteiger partial charge in [0.1, 0.15) is 6.61 Å². The van der Waals surface area contributed by atoms with Crippen molar-refractivity contribution in [3.05, 3.63) is 59.7 Å².